The molecule has 4 nitrogen and oxygen atoms in total. The highest BCUT2D eigenvalue weighted by Gasteiger charge is 2.49. The average Bonchev–Trinajstić information content (AvgIpc) is 3.08. The number of benzene rings is 1. The van der Waals surface area contributed by atoms with Gasteiger partial charge in [-0.25, -0.2) is 4.79 Å². The zero-order valence-electron chi connectivity index (χ0n) is 13.9. The second-order valence-electron chi connectivity index (χ2n) is 6.68. The first-order valence-electron chi connectivity index (χ1n) is 8.17. The van der Waals surface area contributed by atoms with E-state index in [4.69, 9.17) is 9.15 Å². The summed E-state index contributed by atoms with van der Waals surface area (Å²) in [5.74, 6) is 0.0869. The van der Waals surface area contributed by atoms with Crippen molar-refractivity contribution in [1.29, 1.82) is 0 Å². The third-order valence-corrected chi connectivity index (χ3v) is 5.13. The number of likely N-dealkylation sites (tertiary alicyclic amines) is 1. The summed E-state index contributed by atoms with van der Waals surface area (Å²) in [4.78, 5) is 14.0. The summed E-state index contributed by atoms with van der Waals surface area (Å²) < 4.78 is 11.3. The van der Waals surface area contributed by atoms with Gasteiger partial charge in [-0.15, -0.1) is 0 Å². The van der Waals surface area contributed by atoms with E-state index in [2.05, 4.69) is 33.0 Å². The number of nitrogens with one attached hydrogen (secondary N) is 1. The lowest BCUT2D eigenvalue weighted by Crippen LogP contribution is -3.15. The largest absolute Gasteiger partial charge is 0.457 e. The molecule has 122 valence electrons. The SMILES string of the molecule is C[C@@H]1C[C@@](OC(=O)c2ccco2)(c2ccccc2)[C@H](C)C[NH+]1C. The molecule has 0 aliphatic carbocycles. The predicted molar refractivity (Wildman–Crippen MR) is 87.2 cm³/mol. The van der Waals surface area contributed by atoms with Crippen molar-refractivity contribution in [3.8, 4) is 0 Å². The van der Waals surface area contributed by atoms with Gasteiger partial charge in [-0.3, -0.25) is 0 Å². The van der Waals surface area contributed by atoms with Crippen molar-refractivity contribution in [2.75, 3.05) is 13.6 Å². The number of esters is 1. The lowest BCUT2D eigenvalue weighted by molar-refractivity contribution is -0.916. The van der Waals surface area contributed by atoms with E-state index in [9.17, 15) is 4.79 Å². The molecule has 4 atom stereocenters. The van der Waals surface area contributed by atoms with Crippen LogP contribution in [0.4, 0.5) is 0 Å². The summed E-state index contributed by atoms with van der Waals surface area (Å²) in [7, 11) is 2.20. The summed E-state index contributed by atoms with van der Waals surface area (Å²) in [6.07, 6.45) is 2.30. The number of piperidine rings is 1. The molecule has 0 spiro atoms. The van der Waals surface area contributed by atoms with Crippen LogP contribution in [-0.4, -0.2) is 25.6 Å². The summed E-state index contributed by atoms with van der Waals surface area (Å²) in [5, 5.41) is 0. The Hall–Kier alpha value is -2.07. The first-order valence-corrected chi connectivity index (χ1v) is 8.17. The number of carbonyl (C=O) groups excluding carboxylic acids is 1. The van der Waals surface area contributed by atoms with Crippen LogP contribution in [-0.2, 0) is 10.3 Å². The Balaban J connectivity index is 1.98. The van der Waals surface area contributed by atoms with Crippen LogP contribution in [0.25, 0.3) is 0 Å². The Labute approximate surface area is 137 Å². The van der Waals surface area contributed by atoms with Gasteiger partial charge in [0, 0.05) is 12.3 Å². The molecule has 2 aromatic rings. The highest BCUT2D eigenvalue weighted by molar-refractivity contribution is 5.86. The Morgan fingerprint density at radius 1 is 1.22 bits per heavy atom. The highest BCUT2D eigenvalue weighted by Crippen LogP contribution is 2.40. The summed E-state index contributed by atoms with van der Waals surface area (Å²) in [6.45, 7) is 5.33. The number of rotatable bonds is 3. The smallest absolute Gasteiger partial charge is 0.375 e. The van der Waals surface area contributed by atoms with Gasteiger partial charge in [-0.2, -0.15) is 0 Å². The molecule has 1 N–H and O–H groups in total. The van der Waals surface area contributed by atoms with E-state index in [-0.39, 0.29) is 11.7 Å². The predicted octanol–water partition coefficient (Wildman–Crippen LogP) is 2.27. The van der Waals surface area contributed by atoms with Crippen molar-refractivity contribution in [2.24, 2.45) is 5.92 Å². The minimum Gasteiger partial charge on any atom is -0.457 e. The molecule has 1 aromatic heterocycles. The summed E-state index contributed by atoms with van der Waals surface area (Å²) in [6, 6.07) is 13.9. The van der Waals surface area contributed by atoms with Crippen LogP contribution in [0.5, 0.6) is 0 Å². The fourth-order valence-electron chi connectivity index (χ4n) is 3.61. The number of quaternary nitrogens is 1. The minimum absolute atomic E-state index is 0.222. The van der Waals surface area contributed by atoms with Gasteiger partial charge in [0.15, 0.2) is 5.60 Å². The molecule has 1 aliphatic heterocycles. The van der Waals surface area contributed by atoms with Crippen molar-refractivity contribution in [2.45, 2.75) is 31.9 Å². The number of carbonyl (C=O) groups is 1. The maximum Gasteiger partial charge on any atom is 0.375 e. The van der Waals surface area contributed by atoms with Crippen molar-refractivity contribution in [3.63, 3.8) is 0 Å². The normalized spacial score (nSPS) is 30.8. The molecule has 0 amide bonds. The van der Waals surface area contributed by atoms with Gasteiger partial charge in [0.25, 0.3) is 0 Å². The third kappa shape index (κ3) is 2.91. The molecule has 0 saturated carbocycles. The number of furan rings is 1. The van der Waals surface area contributed by atoms with Gasteiger partial charge >= 0.3 is 5.97 Å². The van der Waals surface area contributed by atoms with Crippen molar-refractivity contribution < 1.29 is 18.8 Å². The van der Waals surface area contributed by atoms with E-state index in [0.717, 1.165) is 18.5 Å². The quantitative estimate of drug-likeness (QED) is 0.884. The van der Waals surface area contributed by atoms with Crippen LogP contribution in [0.15, 0.2) is 53.1 Å². The Bertz CT molecular complexity index is 653. The second kappa shape index (κ2) is 6.20. The Morgan fingerprint density at radius 2 is 1.96 bits per heavy atom. The molecule has 2 heterocycles. The zero-order chi connectivity index (χ0) is 16.4. The molecule has 0 radical (unpaired) electrons. The lowest BCUT2D eigenvalue weighted by Gasteiger charge is -2.46. The highest BCUT2D eigenvalue weighted by atomic mass is 16.6. The van der Waals surface area contributed by atoms with Gasteiger partial charge in [-0.1, -0.05) is 37.3 Å². The fourth-order valence-corrected chi connectivity index (χ4v) is 3.61. The molecule has 1 saturated heterocycles. The number of hydrogen-bond acceptors (Lipinski definition) is 3. The second-order valence-corrected chi connectivity index (χ2v) is 6.68. The van der Waals surface area contributed by atoms with Crippen LogP contribution in [0.2, 0.25) is 0 Å². The first-order chi connectivity index (χ1) is 11.0. The summed E-state index contributed by atoms with van der Waals surface area (Å²) >= 11 is 0. The molecule has 0 bridgehead atoms. The van der Waals surface area contributed by atoms with E-state index >= 15 is 0 Å². The third-order valence-electron chi connectivity index (χ3n) is 5.13. The van der Waals surface area contributed by atoms with Gasteiger partial charge in [0.2, 0.25) is 5.76 Å². The van der Waals surface area contributed by atoms with E-state index in [1.165, 1.54) is 11.2 Å². The standard InChI is InChI=1S/C19H23NO3/c1-14-13-20(3)15(2)12-19(14,16-8-5-4-6-9-16)23-18(21)17-10-7-11-22-17/h4-11,14-15H,12-13H2,1-3H3/p+1/t14-,15-,19+/m1/s1. The van der Waals surface area contributed by atoms with E-state index in [0.29, 0.717) is 6.04 Å². The van der Waals surface area contributed by atoms with Gasteiger partial charge in [-0.05, 0) is 24.6 Å². The van der Waals surface area contributed by atoms with Crippen molar-refractivity contribution in [1.82, 2.24) is 0 Å². The Kier molecular flexibility index (Phi) is 4.26. The molecule has 1 aromatic carbocycles. The average molecular weight is 314 g/mol. The van der Waals surface area contributed by atoms with Crippen molar-refractivity contribution in [3.05, 3.63) is 60.1 Å². The maximum atomic E-state index is 12.6. The molecule has 1 fully saturated rings. The van der Waals surface area contributed by atoms with Gasteiger partial charge in [0.05, 0.1) is 25.9 Å². The zero-order valence-corrected chi connectivity index (χ0v) is 13.9. The van der Waals surface area contributed by atoms with Crippen LogP contribution >= 0.6 is 0 Å². The maximum absolute atomic E-state index is 12.6. The van der Waals surface area contributed by atoms with Crippen LogP contribution in [0, 0.1) is 5.92 Å². The number of ether oxygens (including phenoxy) is 1. The van der Waals surface area contributed by atoms with E-state index < -0.39 is 11.6 Å². The van der Waals surface area contributed by atoms with Crippen molar-refractivity contribution >= 4 is 5.97 Å². The minimum atomic E-state index is -0.607. The monoisotopic (exact) mass is 314 g/mol. The van der Waals surface area contributed by atoms with Gasteiger partial charge < -0.3 is 14.1 Å². The molecule has 1 aliphatic rings. The Morgan fingerprint density at radius 3 is 2.61 bits per heavy atom. The molecule has 3 rings (SSSR count). The van der Waals surface area contributed by atoms with E-state index in [1.54, 1.807) is 12.1 Å². The lowest BCUT2D eigenvalue weighted by atomic mass is 9.74. The van der Waals surface area contributed by atoms with Crippen LogP contribution < -0.4 is 4.90 Å². The molecule has 1 unspecified atom stereocenters. The van der Waals surface area contributed by atoms with E-state index in [1.807, 2.05) is 18.2 Å². The first kappa shape index (κ1) is 15.8. The molecule has 23 heavy (non-hydrogen) atoms. The molecule has 4 heteroatoms. The number of hydrogen-bond donors (Lipinski definition) is 1. The topological polar surface area (TPSA) is 43.9 Å². The van der Waals surface area contributed by atoms with Crippen LogP contribution in [0.3, 0.4) is 0 Å². The summed E-state index contributed by atoms with van der Waals surface area (Å²) in [5.41, 5.74) is 0.455. The van der Waals surface area contributed by atoms with Crippen LogP contribution in [0.1, 0.15) is 36.4 Å². The fraction of sp³-hybridized carbons (Fsp3) is 0.421. The molecular weight excluding hydrogens is 290 g/mol. The molecular formula is C19H24NO3+. The van der Waals surface area contributed by atoms with Gasteiger partial charge in [0.1, 0.15) is 0 Å².